The Hall–Kier alpha value is -1.63. The standard InChI is InChI=1S/C14H21N3O3S/c1-10-12(21-9-16-10)8-15-14(20)17-6-4-11(5-7-17)2-3-13(18)19/h9,11H,2-8H2,1H3,(H,15,20)(H,18,19). The molecule has 7 heteroatoms. The molecule has 2 heterocycles. The Bertz CT molecular complexity index is 495. The maximum absolute atomic E-state index is 12.1. The third-order valence-electron chi connectivity index (χ3n) is 3.91. The first-order chi connectivity index (χ1) is 10.1. The summed E-state index contributed by atoms with van der Waals surface area (Å²) < 4.78 is 0. The van der Waals surface area contributed by atoms with E-state index in [0.29, 0.717) is 32.0 Å². The number of nitrogens with zero attached hydrogens (tertiary/aromatic N) is 2. The molecule has 0 radical (unpaired) electrons. The van der Waals surface area contributed by atoms with Crippen molar-refractivity contribution in [1.82, 2.24) is 15.2 Å². The summed E-state index contributed by atoms with van der Waals surface area (Å²) in [5.41, 5.74) is 2.75. The van der Waals surface area contributed by atoms with E-state index in [2.05, 4.69) is 10.3 Å². The van der Waals surface area contributed by atoms with Crippen LogP contribution < -0.4 is 5.32 Å². The van der Waals surface area contributed by atoms with Gasteiger partial charge < -0.3 is 15.3 Å². The number of piperidine rings is 1. The van der Waals surface area contributed by atoms with Crippen molar-refractivity contribution in [2.24, 2.45) is 5.92 Å². The number of thiazole rings is 1. The van der Waals surface area contributed by atoms with Crippen molar-refractivity contribution in [3.63, 3.8) is 0 Å². The number of nitrogens with one attached hydrogen (secondary N) is 1. The predicted molar refractivity (Wildman–Crippen MR) is 80.3 cm³/mol. The minimum Gasteiger partial charge on any atom is -0.481 e. The van der Waals surface area contributed by atoms with E-state index in [0.717, 1.165) is 23.4 Å². The Morgan fingerprint density at radius 2 is 2.19 bits per heavy atom. The van der Waals surface area contributed by atoms with Gasteiger partial charge in [-0.05, 0) is 32.1 Å². The van der Waals surface area contributed by atoms with Crippen LogP contribution in [0.15, 0.2) is 5.51 Å². The van der Waals surface area contributed by atoms with E-state index in [-0.39, 0.29) is 12.5 Å². The van der Waals surface area contributed by atoms with Gasteiger partial charge >= 0.3 is 12.0 Å². The lowest BCUT2D eigenvalue weighted by Gasteiger charge is -2.31. The number of amides is 2. The molecule has 1 aromatic rings. The van der Waals surface area contributed by atoms with Crippen molar-refractivity contribution < 1.29 is 14.7 Å². The number of carbonyl (C=O) groups is 2. The van der Waals surface area contributed by atoms with Crippen LogP contribution in [0.1, 0.15) is 36.3 Å². The van der Waals surface area contributed by atoms with Gasteiger partial charge in [0.25, 0.3) is 0 Å². The largest absolute Gasteiger partial charge is 0.481 e. The van der Waals surface area contributed by atoms with Crippen molar-refractivity contribution in [1.29, 1.82) is 0 Å². The van der Waals surface area contributed by atoms with Gasteiger partial charge in [-0.15, -0.1) is 11.3 Å². The van der Waals surface area contributed by atoms with Gasteiger partial charge in [-0.2, -0.15) is 0 Å². The highest BCUT2D eigenvalue weighted by Crippen LogP contribution is 2.22. The van der Waals surface area contributed by atoms with Gasteiger partial charge in [0.2, 0.25) is 0 Å². The second-order valence-corrected chi connectivity index (χ2v) is 6.32. The minimum absolute atomic E-state index is 0.0421. The van der Waals surface area contributed by atoms with Gasteiger partial charge in [0.15, 0.2) is 0 Å². The molecular weight excluding hydrogens is 290 g/mol. The fourth-order valence-corrected chi connectivity index (χ4v) is 3.23. The van der Waals surface area contributed by atoms with Crippen molar-refractivity contribution in [2.45, 2.75) is 39.2 Å². The zero-order valence-electron chi connectivity index (χ0n) is 12.2. The molecule has 116 valence electrons. The molecule has 6 nitrogen and oxygen atoms in total. The zero-order chi connectivity index (χ0) is 15.2. The lowest BCUT2D eigenvalue weighted by molar-refractivity contribution is -0.137. The van der Waals surface area contributed by atoms with Gasteiger partial charge in [0, 0.05) is 24.4 Å². The lowest BCUT2D eigenvalue weighted by atomic mass is 9.92. The van der Waals surface area contributed by atoms with E-state index in [9.17, 15) is 9.59 Å². The maximum Gasteiger partial charge on any atom is 0.317 e. The van der Waals surface area contributed by atoms with Crippen LogP contribution in [0.5, 0.6) is 0 Å². The average Bonchev–Trinajstić information content (AvgIpc) is 2.88. The summed E-state index contributed by atoms with van der Waals surface area (Å²) >= 11 is 1.55. The van der Waals surface area contributed by atoms with E-state index in [1.807, 2.05) is 11.8 Å². The molecule has 1 saturated heterocycles. The van der Waals surface area contributed by atoms with E-state index in [1.165, 1.54) is 0 Å². The SMILES string of the molecule is Cc1ncsc1CNC(=O)N1CCC(CCC(=O)O)CC1. The molecule has 1 fully saturated rings. The van der Waals surface area contributed by atoms with Gasteiger partial charge in [-0.3, -0.25) is 4.79 Å². The Labute approximate surface area is 128 Å². The highest BCUT2D eigenvalue weighted by atomic mass is 32.1. The molecule has 1 aliphatic rings. The molecule has 0 spiro atoms. The number of rotatable bonds is 5. The first kappa shape index (κ1) is 15.8. The van der Waals surface area contributed by atoms with Gasteiger partial charge in [0.05, 0.1) is 17.7 Å². The molecule has 21 heavy (non-hydrogen) atoms. The normalized spacial score (nSPS) is 16.0. The monoisotopic (exact) mass is 311 g/mol. The summed E-state index contributed by atoms with van der Waals surface area (Å²) in [6, 6.07) is -0.0421. The molecule has 0 bridgehead atoms. The zero-order valence-corrected chi connectivity index (χ0v) is 13.0. The van der Waals surface area contributed by atoms with Crippen molar-refractivity contribution in [3.8, 4) is 0 Å². The number of hydrogen-bond acceptors (Lipinski definition) is 4. The van der Waals surface area contributed by atoms with Crippen molar-refractivity contribution in [2.75, 3.05) is 13.1 Å². The molecule has 1 aliphatic heterocycles. The van der Waals surface area contributed by atoms with Crippen LogP contribution in [0.2, 0.25) is 0 Å². The van der Waals surface area contributed by atoms with Crippen molar-refractivity contribution >= 4 is 23.3 Å². The molecule has 0 aliphatic carbocycles. The number of aryl methyl sites for hydroxylation is 1. The van der Waals surface area contributed by atoms with Crippen LogP contribution in [0.25, 0.3) is 0 Å². The van der Waals surface area contributed by atoms with Crippen LogP contribution in [0.4, 0.5) is 4.79 Å². The second kappa shape index (κ2) is 7.40. The Morgan fingerprint density at radius 1 is 1.48 bits per heavy atom. The smallest absolute Gasteiger partial charge is 0.317 e. The van der Waals surface area contributed by atoms with E-state index in [4.69, 9.17) is 5.11 Å². The third kappa shape index (κ3) is 4.70. The van der Waals surface area contributed by atoms with Crippen LogP contribution in [0.3, 0.4) is 0 Å². The molecule has 1 aromatic heterocycles. The van der Waals surface area contributed by atoms with E-state index >= 15 is 0 Å². The van der Waals surface area contributed by atoms with Crippen LogP contribution in [-0.2, 0) is 11.3 Å². The number of carboxylic acid groups (broad SMARTS) is 1. The minimum atomic E-state index is -0.741. The number of aliphatic carboxylic acids is 1. The first-order valence-electron chi connectivity index (χ1n) is 7.19. The van der Waals surface area contributed by atoms with Crippen LogP contribution in [0, 0.1) is 12.8 Å². The Balaban J connectivity index is 1.70. The summed E-state index contributed by atoms with van der Waals surface area (Å²) in [6.45, 7) is 3.87. The topological polar surface area (TPSA) is 82.5 Å². The Kier molecular flexibility index (Phi) is 5.55. The average molecular weight is 311 g/mol. The molecule has 2 rings (SSSR count). The number of hydrogen-bond donors (Lipinski definition) is 2. The summed E-state index contributed by atoms with van der Waals surface area (Å²) in [4.78, 5) is 29.7. The molecule has 0 atom stereocenters. The molecule has 2 amide bonds. The third-order valence-corrected chi connectivity index (χ3v) is 4.85. The highest BCUT2D eigenvalue weighted by molar-refractivity contribution is 7.09. The first-order valence-corrected chi connectivity index (χ1v) is 8.07. The van der Waals surface area contributed by atoms with E-state index in [1.54, 1.807) is 16.8 Å². The number of carbonyl (C=O) groups excluding carboxylic acids is 1. The highest BCUT2D eigenvalue weighted by Gasteiger charge is 2.23. The Morgan fingerprint density at radius 3 is 2.76 bits per heavy atom. The van der Waals surface area contributed by atoms with Gasteiger partial charge in [0.1, 0.15) is 0 Å². The fourth-order valence-electron chi connectivity index (χ4n) is 2.52. The maximum atomic E-state index is 12.1. The molecule has 2 N–H and O–H groups in total. The number of aromatic nitrogens is 1. The molecule has 0 aromatic carbocycles. The quantitative estimate of drug-likeness (QED) is 0.873. The summed E-state index contributed by atoms with van der Waals surface area (Å²) in [7, 11) is 0. The van der Waals surface area contributed by atoms with E-state index < -0.39 is 5.97 Å². The summed E-state index contributed by atoms with van der Waals surface area (Å²) in [5, 5.41) is 11.6. The number of likely N-dealkylation sites (tertiary alicyclic amines) is 1. The molecular formula is C14H21N3O3S. The van der Waals surface area contributed by atoms with Gasteiger partial charge in [-0.1, -0.05) is 0 Å². The molecule has 0 unspecified atom stereocenters. The summed E-state index contributed by atoms with van der Waals surface area (Å²) in [5.74, 6) is -0.316. The fraction of sp³-hybridized carbons (Fsp3) is 0.643. The van der Waals surface area contributed by atoms with Crippen molar-refractivity contribution in [3.05, 3.63) is 16.1 Å². The van der Waals surface area contributed by atoms with Crippen LogP contribution in [-0.4, -0.2) is 40.1 Å². The second-order valence-electron chi connectivity index (χ2n) is 5.38. The summed E-state index contributed by atoms with van der Waals surface area (Å²) in [6.07, 6.45) is 2.72. The number of urea groups is 1. The predicted octanol–water partition coefficient (Wildman–Crippen LogP) is 2.24. The van der Waals surface area contributed by atoms with Crippen LogP contribution >= 0.6 is 11.3 Å². The lowest BCUT2D eigenvalue weighted by Crippen LogP contribution is -2.44. The van der Waals surface area contributed by atoms with Gasteiger partial charge in [-0.25, -0.2) is 9.78 Å². The number of carboxylic acids is 1. The molecule has 0 saturated carbocycles.